The van der Waals surface area contributed by atoms with E-state index in [1.54, 1.807) is 17.1 Å². The molecule has 0 fully saturated rings. The molecule has 0 radical (unpaired) electrons. The SMILES string of the molecule is CC(=O)Nc1cnc2c(c1)c(-c1cccc3[nH]ncc13)nn2C. The van der Waals surface area contributed by atoms with E-state index in [-0.39, 0.29) is 5.91 Å². The molecule has 0 aliphatic rings. The summed E-state index contributed by atoms with van der Waals surface area (Å²) in [7, 11) is 1.85. The molecule has 3 aromatic heterocycles. The van der Waals surface area contributed by atoms with Gasteiger partial charge in [0.15, 0.2) is 5.65 Å². The van der Waals surface area contributed by atoms with E-state index in [2.05, 4.69) is 25.6 Å². The number of hydrogen-bond donors (Lipinski definition) is 2. The average Bonchev–Trinajstić information content (AvgIpc) is 3.11. The average molecular weight is 306 g/mol. The molecule has 114 valence electrons. The number of amides is 1. The van der Waals surface area contributed by atoms with Crippen LogP contribution in [0.3, 0.4) is 0 Å². The Kier molecular flexibility index (Phi) is 2.87. The third-order valence-corrected chi connectivity index (χ3v) is 3.74. The normalized spacial score (nSPS) is 11.2. The second-order valence-corrected chi connectivity index (χ2v) is 5.39. The molecule has 0 unspecified atom stereocenters. The molecule has 0 aliphatic carbocycles. The minimum Gasteiger partial charge on any atom is -0.325 e. The molecule has 0 saturated carbocycles. The monoisotopic (exact) mass is 306 g/mol. The summed E-state index contributed by atoms with van der Waals surface area (Å²) < 4.78 is 1.74. The van der Waals surface area contributed by atoms with Gasteiger partial charge in [-0.2, -0.15) is 10.2 Å². The highest BCUT2D eigenvalue weighted by Crippen LogP contribution is 2.32. The Morgan fingerprint density at radius 3 is 2.96 bits per heavy atom. The number of fused-ring (bicyclic) bond motifs is 2. The van der Waals surface area contributed by atoms with Crippen molar-refractivity contribution in [3.63, 3.8) is 0 Å². The number of aromatic amines is 1. The van der Waals surface area contributed by atoms with Crippen molar-refractivity contribution in [2.24, 2.45) is 7.05 Å². The smallest absolute Gasteiger partial charge is 0.221 e. The lowest BCUT2D eigenvalue weighted by atomic mass is 10.1. The molecule has 7 nitrogen and oxygen atoms in total. The number of H-pyrrole nitrogens is 1. The Bertz CT molecular complexity index is 1050. The largest absolute Gasteiger partial charge is 0.325 e. The van der Waals surface area contributed by atoms with Crippen LogP contribution in [0.2, 0.25) is 0 Å². The Balaban J connectivity index is 1.99. The third kappa shape index (κ3) is 2.13. The highest BCUT2D eigenvalue weighted by Gasteiger charge is 2.15. The summed E-state index contributed by atoms with van der Waals surface area (Å²) in [4.78, 5) is 15.7. The van der Waals surface area contributed by atoms with Crippen LogP contribution in [-0.2, 0) is 11.8 Å². The number of nitrogens with one attached hydrogen (secondary N) is 2. The Labute approximate surface area is 131 Å². The summed E-state index contributed by atoms with van der Waals surface area (Å²) in [6, 6.07) is 7.83. The van der Waals surface area contributed by atoms with Gasteiger partial charge in [-0.1, -0.05) is 12.1 Å². The van der Waals surface area contributed by atoms with Gasteiger partial charge in [0.25, 0.3) is 0 Å². The summed E-state index contributed by atoms with van der Waals surface area (Å²) in [5, 5.41) is 16.3. The van der Waals surface area contributed by atoms with Crippen LogP contribution in [0, 0.1) is 0 Å². The van der Waals surface area contributed by atoms with Crippen molar-refractivity contribution < 1.29 is 4.79 Å². The van der Waals surface area contributed by atoms with Crippen LogP contribution in [0.5, 0.6) is 0 Å². The minimum atomic E-state index is -0.131. The fourth-order valence-electron chi connectivity index (χ4n) is 2.79. The molecule has 0 atom stereocenters. The van der Waals surface area contributed by atoms with Gasteiger partial charge in [-0.15, -0.1) is 0 Å². The molecule has 2 N–H and O–H groups in total. The second kappa shape index (κ2) is 4.91. The van der Waals surface area contributed by atoms with E-state index in [9.17, 15) is 4.79 Å². The Morgan fingerprint density at radius 1 is 1.26 bits per heavy atom. The van der Waals surface area contributed by atoms with Crippen LogP contribution in [0.25, 0.3) is 33.2 Å². The van der Waals surface area contributed by atoms with Crippen molar-refractivity contribution in [2.45, 2.75) is 6.92 Å². The Morgan fingerprint density at radius 2 is 2.13 bits per heavy atom. The fourth-order valence-corrected chi connectivity index (χ4v) is 2.79. The van der Waals surface area contributed by atoms with Crippen molar-refractivity contribution in [2.75, 3.05) is 5.32 Å². The van der Waals surface area contributed by atoms with Gasteiger partial charge in [0.05, 0.1) is 23.6 Å². The molecule has 3 heterocycles. The number of carbonyl (C=O) groups excluding carboxylic acids is 1. The molecule has 0 spiro atoms. The summed E-state index contributed by atoms with van der Waals surface area (Å²) in [6.45, 7) is 1.47. The van der Waals surface area contributed by atoms with Crippen molar-refractivity contribution in [3.8, 4) is 11.3 Å². The predicted molar refractivity (Wildman–Crippen MR) is 87.9 cm³/mol. The maximum Gasteiger partial charge on any atom is 0.221 e. The molecule has 0 bridgehead atoms. The van der Waals surface area contributed by atoms with Crippen molar-refractivity contribution in [3.05, 3.63) is 36.7 Å². The number of nitrogens with zero attached hydrogens (tertiary/aromatic N) is 4. The standard InChI is InChI=1S/C16H14N6O/c1-9(23)19-10-6-12-15(21-22(2)16(12)17-7-10)11-4-3-5-14-13(11)8-18-20-14/h3-8H,1-2H3,(H,18,20)(H,19,23). The van der Waals surface area contributed by atoms with Crippen LogP contribution in [0.15, 0.2) is 36.7 Å². The summed E-state index contributed by atoms with van der Waals surface area (Å²) >= 11 is 0. The number of benzene rings is 1. The van der Waals surface area contributed by atoms with Gasteiger partial charge in [0.1, 0.15) is 5.69 Å². The fraction of sp³-hybridized carbons (Fsp3) is 0.125. The number of pyridine rings is 1. The van der Waals surface area contributed by atoms with E-state index in [1.165, 1.54) is 6.92 Å². The van der Waals surface area contributed by atoms with Crippen molar-refractivity contribution in [1.82, 2.24) is 25.0 Å². The second-order valence-electron chi connectivity index (χ2n) is 5.39. The van der Waals surface area contributed by atoms with E-state index in [1.807, 2.05) is 31.3 Å². The first-order chi connectivity index (χ1) is 11.1. The summed E-state index contributed by atoms with van der Waals surface area (Å²) in [6.07, 6.45) is 3.42. The first-order valence-corrected chi connectivity index (χ1v) is 7.16. The molecule has 4 aromatic rings. The lowest BCUT2D eigenvalue weighted by Gasteiger charge is -2.03. The lowest BCUT2D eigenvalue weighted by molar-refractivity contribution is -0.114. The number of rotatable bonds is 2. The zero-order valence-corrected chi connectivity index (χ0v) is 12.7. The topological polar surface area (TPSA) is 88.5 Å². The number of aryl methyl sites for hydroxylation is 1. The zero-order chi connectivity index (χ0) is 16.0. The highest BCUT2D eigenvalue weighted by atomic mass is 16.1. The van der Waals surface area contributed by atoms with Gasteiger partial charge >= 0.3 is 0 Å². The van der Waals surface area contributed by atoms with Crippen molar-refractivity contribution >= 4 is 33.5 Å². The first-order valence-electron chi connectivity index (χ1n) is 7.16. The van der Waals surface area contributed by atoms with E-state index in [0.717, 1.165) is 33.2 Å². The van der Waals surface area contributed by atoms with Gasteiger partial charge in [0, 0.05) is 30.3 Å². The van der Waals surface area contributed by atoms with Gasteiger partial charge in [0.2, 0.25) is 5.91 Å². The van der Waals surface area contributed by atoms with Crippen LogP contribution in [-0.4, -0.2) is 30.9 Å². The molecule has 1 amide bonds. The van der Waals surface area contributed by atoms with E-state index >= 15 is 0 Å². The van der Waals surface area contributed by atoms with Gasteiger partial charge in [-0.05, 0) is 12.1 Å². The van der Waals surface area contributed by atoms with Gasteiger partial charge in [-0.3, -0.25) is 9.89 Å². The molecule has 7 heteroatoms. The van der Waals surface area contributed by atoms with Gasteiger partial charge in [-0.25, -0.2) is 9.67 Å². The zero-order valence-electron chi connectivity index (χ0n) is 12.7. The lowest BCUT2D eigenvalue weighted by Crippen LogP contribution is -2.05. The van der Waals surface area contributed by atoms with Crippen LogP contribution in [0.4, 0.5) is 5.69 Å². The van der Waals surface area contributed by atoms with E-state index in [0.29, 0.717) is 5.69 Å². The molecule has 1 aromatic carbocycles. The predicted octanol–water partition coefficient (Wildman–Crippen LogP) is 2.47. The first kappa shape index (κ1) is 13.4. The van der Waals surface area contributed by atoms with E-state index < -0.39 is 0 Å². The number of anilines is 1. The minimum absolute atomic E-state index is 0.131. The summed E-state index contributed by atoms with van der Waals surface area (Å²) in [5.41, 5.74) is 4.15. The molecule has 0 aliphatic heterocycles. The molecular weight excluding hydrogens is 292 g/mol. The van der Waals surface area contributed by atoms with E-state index in [4.69, 9.17) is 0 Å². The molecule has 0 saturated heterocycles. The molecular formula is C16H14N6O. The van der Waals surface area contributed by atoms with Crippen LogP contribution < -0.4 is 5.32 Å². The number of hydrogen-bond acceptors (Lipinski definition) is 4. The Hall–Kier alpha value is -3.22. The molecule has 23 heavy (non-hydrogen) atoms. The maximum atomic E-state index is 11.3. The maximum absolute atomic E-state index is 11.3. The number of carbonyl (C=O) groups is 1. The highest BCUT2D eigenvalue weighted by molar-refractivity contribution is 6.02. The van der Waals surface area contributed by atoms with Crippen LogP contribution >= 0.6 is 0 Å². The van der Waals surface area contributed by atoms with Crippen LogP contribution in [0.1, 0.15) is 6.92 Å². The summed E-state index contributed by atoms with van der Waals surface area (Å²) in [5.74, 6) is -0.131. The molecule has 4 rings (SSSR count). The quantitative estimate of drug-likeness (QED) is 0.595. The number of aromatic nitrogens is 5. The van der Waals surface area contributed by atoms with Gasteiger partial charge < -0.3 is 5.32 Å². The van der Waals surface area contributed by atoms with Crippen molar-refractivity contribution in [1.29, 1.82) is 0 Å². The third-order valence-electron chi connectivity index (χ3n) is 3.74.